The number of carbonyl (C=O) groups excluding carboxylic acids is 1. The lowest BCUT2D eigenvalue weighted by Crippen LogP contribution is -2.28. The van der Waals surface area contributed by atoms with E-state index in [2.05, 4.69) is 22.6 Å². The van der Waals surface area contributed by atoms with Crippen molar-refractivity contribution in [3.8, 4) is 0 Å². The molecule has 0 N–H and O–H groups in total. The van der Waals surface area contributed by atoms with E-state index < -0.39 is 43.6 Å². The van der Waals surface area contributed by atoms with Gasteiger partial charge in [-0.15, -0.1) is 0 Å². The molecule has 0 saturated heterocycles. The second kappa shape index (κ2) is 7.20. The summed E-state index contributed by atoms with van der Waals surface area (Å²) in [7, 11) is 0. The van der Waals surface area contributed by atoms with E-state index in [9.17, 15) is 31.1 Å². The highest BCUT2D eigenvalue weighted by atomic mass is 19.4. The summed E-state index contributed by atoms with van der Waals surface area (Å²) in [5, 5.41) is 0. The maximum Gasteiger partial charge on any atom is 0.509 e. The first kappa shape index (κ1) is 18.3. The molecule has 0 rings (SSSR count). The molecule has 0 spiro atoms. The van der Waals surface area contributed by atoms with Gasteiger partial charge in [-0.2, -0.15) is 26.3 Å². The molecule has 116 valence electrons. The first-order chi connectivity index (χ1) is 8.96. The molecule has 0 fully saturated rings. The van der Waals surface area contributed by atoms with Crippen molar-refractivity contribution >= 4 is 6.16 Å². The molecule has 0 aliphatic carbocycles. The van der Waals surface area contributed by atoms with Crippen LogP contribution < -0.4 is 0 Å². The molecule has 9 heteroatoms. The predicted molar refractivity (Wildman–Crippen MR) is 56.9 cm³/mol. The third kappa shape index (κ3) is 9.29. The van der Waals surface area contributed by atoms with Crippen LogP contribution in [0.25, 0.3) is 0 Å². The molecule has 0 aliphatic heterocycles. The van der Waals surface area contributed by atoms with Crippen LogP contribution in [-0.2, 0) is 9.47 Å². The van der Waals surface area contributed by atoms with E-state index in [4.69, 9.17) is 0 Å². The lowest BCUT2D eigenvalue weighted by atomic mass is 10.2. The fraction of sp³-hybridized carbons (Fsp3) is 0.545. The van der Waals surface area contributed by atoms with Crippen LogP contribution in [0.3, 0.4) is 0 Å². The molecular formula is C11H12F6O3. The number of carbonyl (C=O) groups is 1. The Kier molecular flexibility index (Phi) is 6.60. The average Bonchev–Trinajstić information content (AvgIpc) is 2.23. The number of ether oxygens (including phenoxy) is 2. The Hall–Kier alpha value is -1.67. The Balaban J connectivity index is 4.44. The van der Waals surface area contributed by atoms with Crippen LogP contribution >= 0.6 is 0 Å². The number of hydrogen-bond donors (Lipinski definition) is 0. The molecule has 2 atom stereocenters. The predicted octanol–water partition coefficient (Wildman–Crippen LogP) is 4.15. The van der Waals surface area contributed by atoms with Crippen molar-refractivity contribution < 1.29 is 40.6 Å². The molecule has 0 bridgehead atoms. The maximum absolute atomic E-state index is 12.0. The van der Waals surface area contributed by atoms with Crippen LogP contribution in [0.5, 0.6) is 0 Å². The molecule has 20 heavy (non-hydrogen) atoms. The molecular weight excluding hydrogens is 294 g/mol. The van der Waals surface area contributed by atoms with Crippen molar-refractivity contribution in [1.29, 1.82) is 0 Å². The van der Waals surface area contributed by atoms with Crippen molar-refractivity contribution in [2.45, 2.75) is 37.4 Å². The van der Waals surface area contributed by atoms with Crippen molar-refractivity contribution in [1.82, 2.24) is 0 Å². The summed E-state index contributed by atoms with van der Waals surface area (Å²) in [5.74, 6) is 0. The van der Waals surface area contributed by atoms with Crippen LogP contribution in [0.1, 0.15) is 12.8 Å². The average molecular weight is 306 g/mol. The van der Waals surface area contributed by atoms with Crippen molar-refractivity contribution in [3.05, 3.63) is 25.3 Å². The van der Waals surface area contributed by atoms with Gasteiger partial charge in [-0.1, -0.05) is 25.3 Å². The minimum Gasteiger partial charge on any atom is -0.426 e. The van der Waals surface area contributed by atoms with Crippen molar-refractivity contribution in [2.75, 3.05) is 0 Å². The Morgan fingerprint density at radius 1 is 0.900 bits per heavy atom. The number of rotatable bonds is 6. The zero-order chi connectivity index (χ0) is 16.0. The Labute approximate surface area is 110 Å². The summed E-state index contributed by atoms with van der Waals surface area (Å²) < 4.78 is 80.7. The molecule has 2 unspecified atom stereocenters. The third-order valence-corrected chi connectivity index (χ3v) is 1.89. The van der Waals surface area contributed by atoms with Crippen LogP contribution in [-0.4, -0.2) is 30.7 Å². The minimum absolute atomic E-state index is 0.696. The van der Waals surface area contributed by atoms with Gasteiger partial charge < -0.3 is 9.47 Å². The van der Waals surface area contributed by atoms with E-state index in [0.717, 1.165) is 0 Å². The fourth-order valence-electron chi connectivity index (χ4n) is 1.08. The molecule has 0 aromatic rings. The first-order valence-corrected chi connectivity index (χ1v) is 5.22. The number of halogens is 6. The minimum atomic E-state index is -4.62. The summed E-state index contributed by atoms with van der Waals surface area (Å²) in [6.45, 7) is 6.05. The molecule has 0 aliphatic rings. The zero-order valence-corrected chi connectivity index (χ0v) is 10.1. The van der Waals surface area contributed by atoms with Gasteiger partial charge in [0.05, 0.1) is 12.8 Å². The number of alkyl halides is 6. The van der Waals surface area contributed by atoms with E-state index >= 15 is 0 Å². The maximum atomic E-state index is 12.0. The monoisotopic (exact) mass is 306 g/mol. The van der Waals surface area contributed by atoms with Crippen LogP contribution in [0.2, 0.25) is 0 Å². The quantitative estimate of drug-likeness (QED) is 0.420. The zero-order valence-electron chi connectivity index (χ0n) is 10.1. The molecule has 0 heterocycles. The molecule has 0 aromatic heterocycles. The Bertz CT molecular complexity index is 315. The standard InChI is InChI=1S/C11H12F6O3/c1-3-7(5-10(12,13)14)19-9(18)20-8(4-2)6-11(15,16)17/h3-4,7-8H,1-2,5-6H2. The number of hydrogen-bond acceptors (Lipinski definition) is 3. The van der Waals surface area contributed by atoms with Gasteiger partial charge >= 0.3 is 18.5 Å². The largest absolute Gasteiger partial charge is 0.509 e. The van der Waals surface area contributed by atoms with Gasteiger partial charge in [-0.25, -0.2) is 4.79 Å². The van der Waals surface area contributed by atoms with Crippen molar-refractivity contribution in [2.24, 2.45) is 0 Å². The van der Waals surface area contributed by atoms with Gasteiger partial charge in [-0.05, 0) is 0 Å². The molecule has 0 amide bonds. The van der Waals surface area contributed by atoms with Crippen molar-refractivity contribution in [3.63, 3.8) is 0 Å². The van der Waals surface area contributed by atoms with Gasteiger partial charge in [0.25, 0.3) is 0 Å². The van der Waals surface area contributed by atoms with Gasteiger partial charge in [0.2, 0.25) is 0 Å². The first-order valence-electron chi connectivity index (χ1n) is 5.22. The molecule has 0 aromatic carbocycles. The summed E-state index contributed by atoms with van der Waals surface area (Å²) in [4.78, 5) is 11.1. The normalized spacial score (nSPS) is 15.1. The summed E-state index contributed by atoms with van der Waals surface area (Å²) in [6.07, 6.45) is -16.0. The third-order valence-electron chi connectivity index (χ3n) is 1.89. The van der Waals surface area contributed by atoms with Gasteiger partial charge in [-0.3, -0.25) is 0 Å². The smallest absolute Gasteiger partial charge is 0.426 e. The SMILES string of the molecule is C=CC(CC(F)(F)F)OC(=O)OC(C=C)CC(F)(F)F. The second-order valence-electron chi connectivity index (χ2n) is 3.67. The highest BCUT2D eigenvalue weighted by Crippen LogP contribution is 2.25. The fourth-order valence-corrected chi connectivity index (χ4v) is 1.08. The van der Waals surface area contributed by atoms with Crippen LogP contribution in [0.15, 0.2) is 25.3 Å². The van der Waals surface area contributed by atoms with Crippen LogP contribution in [0.4, 0.5) is 31.1 Å². The summed E-state index contributed by atoms with van der Waals surface area (Å²) >= 11 is 0. The molecule has 0 radical (unpaired) electrons. The van der Waals surface area contributed by atoms with E-state index in [-0.39, 0.29) is 0 Å². The van der Waals surface area contributed by atoms with E-state index in [0.29, 0.717) is 12.2 Å². The lowest BCUT2D eigenvalue weighted by molar-refractivity contribution is -0.157. The van der Waals surface area contributed by atoms with Gasteiger partial charge in [0.1, 0.15) is 12.2 Å². The Morgan fingerprint density at radius 2 is 1.20 bits per heavy atom. The van der Waals surface area contributed by atoms with E-state index in [1.807, 2.05) is 0 Å². The molecule has 0 saturated carbocycles. The summed E-state index contributed by atoms with van der Waals surface area (Å²) in [5.41, 5.74) is 0. The van der Waals surface area contributed by atoms with E-state index in [1.54, 1.807) is 0 Å². The molecule has 3 nitrogen and oxygen atoms in total. The summed E-state index contributed by atoms with van der Waals surface area (Å²) in [6, 6.07) is 0. The Morgan fingerprint density at radius 3 is 1.40 bits per heavy atom. The van der Waals surface area contributed by atoms with Crippen LogP contribution in [0, 0.1) is 0 Å². The topological polar surface area (TPSA) is 35.5 Å². The van der Waals surface area contributed by atoms with E-state index in [1.165, 1.54) is 0 Å². The second-order valence-corrected chi connectivity index (χ2v) is 3.67. The lowest BCUT2D eigenvalue weighted by Gasteiger charge is -2.19. The highest BCUT2D eigenvalue weighted by molar-refractivity contribution is 5.60. The van der Waals surface area contributed by atoms with Gasteiger partial charge in [0.15, 0.2) is 0 Å². The highest BCUT2D eigenvalue weighted by Gasteiger charge is 2.35. The van der Waals surface area contributed by atoms with Gasteiger partial charge in [0, 0.05) is 0 Å².